The summed E-state index contributed by atoms with van der Waals surface area (Å²) in [5.74, 6) is 3.51. The Morgan fingerprint density at radius 3 is 1.43 bits per heavy atom. The minimum atomic E-state index is -1.77. The summed E-state index contributed by atoms with van der Waals surface area (Å²) in [7, 11) is -1.77. The summed E-state index contributed by atoms with van der Waals surface area (Å²) in [4.78, 5) is 3.07. The van der Waals surface area contributed by atoms with Crippen molar-refractivity contribution in [1.82, 2.24) is 0 Å². The van der Waals surface area contributed by atoms with Crippen LogP contribution >= 0.6 is 48.3 Å². The van der Waals surface area contributed by atoms with E-state index >= 15 is 0 Å². The van der Waals surface area contributed by atoms with Crippen LogP contribution < -0.4 is 0 Å². The average Bonchev–Trinajstić information content (AvgIpc) is 3.24. The Morgan fingerprint density at radius 1 is 0.750 bits per heavy atom. The Kier molecular flexibility index (Phi) is 9.55. The second kappa shape index (κ2) is 9.96. The minimum absolute atomic E-state index is 0. The van der Waals surface area contributed by atoms with Gasteiger partial charge in [0.15, 0.2) is 0 Å². The van der Waals surface area contributed by atoms with Crippen LogP contribution in [0.3, 0.4) is 0 Å². The van der Waals surface area contributed by atoms with Crippen LogP contribution in [0.5, 0.6) is 0 Å². The van der Waals surface area contributed by atoms with Crippen LogP contribution in [0, 0.1) is 11.8 Å². The van der Waals surface area contributed by atoms with Gasteiger partial charge in [0, 0.05) is 47.5 Å². The van der Waals surface area contributed by atoms with Gasteiger partial charge in [0.2, 0.25) is 0 Å². The molecule has 0 bridgehead atoms. The molecule has 152 valence electrons. The average molecular weight is 549 g/mol. The fourth-order valence-electron chi connectivity index (χ4n) is 4.64. The fourth-order valence-corrected chi connectivity index (χ4v) is 11.0. The van der Waals surface area contributed by atoms with Gasteiger partial charge in [-0.05, 0) is 56.7 Å². The third-order valence-corrected chi connectivity index (χ3v) is 11.3. The van der Waals surface area contributed by atoms with Crippen molar-refractivity contribution < 1.29 is 26.2 Å². The zero-order chi connectivity index (χ0) is 17.9. The van der Waals surface area contributed by atoms with E-state index in [1.165, 1.54) is 9.81 Å². The minimum Gasteiger partial charge on any atom is -0.147 e. The predicted molar refractivity (Wildman–Crippen MR) is 133 cm³/mol. The molecule has 0 aromatic carbocycles. The van der Waals surface area contributed by atoms with Crippen LogP contribution in [-0.2, 0) is 26.2 Å². The SMILES string of the molecule is CC(C)C1=C([Si](C)(C)C2=C(C(C)C)C=C3SCC=C32)C2=CCSC2=C1.Cl.Cl.[Zr]. The topological polar surface area (TPSA) is 0 Å². The number of rotatable bonds is 4. The zero-order valence-electron chi connectivity index (χ0n) is 17.5. The molecule has 0 saturated carbocycles. The predicted octanol–water partition coefficient (Wildman–Crippen LogP) is 7.66. The molecule has 0 radical (unpaired) electrons. The molecular formula is C22H30Cl2S2SiZr. The third-order valence-electron chi connectivity index (χ3n) is 5.77. The summed E-state index contributed by atoms with van der Waals surface area (Å²) in [6.07, 6.45) is 10.0. The second-order valence-corrected chi connectivity index (χ2v) is 14.8. The van der Waals surface area contributed by atoms with E-state index in [2.05, 4.69) is 65.1 Å². The quantitative estimate of drug-likeness (QED) is 0.331. The molecule has 0 amide bonds. The van der Waals surface area contributed by atoms with Gasteiger partial charge in [-0.25, -0.2) is 0 Å². The van der Waals surface area contributed by atoms with E-state index in [1.54, 1.807) is 32.7 Å². The van der Waals surface area contributed by atoms with Crippen molar-refractivity contribution in [3.8, 4) is 0 Å². The largest absolute Gasteiger partial charge is 0.147 e. The number of hydrogen-bond acceptors (Lipinski definition) is 2. The first-order valence-corrected chi connectivity index (χ1v) is 14.4. The van der Waals surface area contributed by atoms with Gasteiger partial charge in [0.1, 0.15) is 8.07 Å². The molecule has 2 heterocycles. The van der Waals surface area contributed by atoms with Crippen LogP contribution in [0.1, 0.15) is 27.7 Å². The van der Waals surface area contributed by atoms with Gasteiger partial charge in [0.25, 0.3) is 0 Å². The number of allylic oxidation sites excluding steroid dienone is 8. The van der Waals surface area contributed by atoms with Gasteiger partial charge in [-0.15, -0.1) is 48.3 Å². The van der Waals surface area contributed by atoms with Gasteiger partial charge in [-0.1, -0.05) is 52.9 Å². The molecule has 0 spiro atoms. The van der Waals surface area contributed by atoms with E-state index < -0.39 is 8.07 Å². The maximum absolute atomic E-state index is 2.60. The normalized spacial score (nSPS) is 20.3. The molecule has 2 aliphatic heterocycles. The van der Waals surface area contributed by atoms with Crippen LogP contribution in [0.15, 0.2) is 66.8 Å². The van der Waals surface area contributed by atoms with Gasteiger partial charge in [-0.3, -0.25) is 0 Å². The Hall–Kier alpha value is 0.820. The van der Waals surface area contributed by atoms with Crippen LogP contribution in [0.25, 0.3) is 0 Å². The summed E-state index contributed by atoms with van der Waals surface area (Å²) in [6, 6.07) is 0. The Morgan fingerprint density at radius 2 is 1.11 bits per heavy atom. The summed E-state index contributed by atoms with van der Waals surface area (Å²) >= 11 is 4.05. The van der Waals surface area contributed by atoms with Gasteiger partial charge in [-0.2, -0.15) is 0 Å². The fraction of sp³-hybridized carbons (Fsp3) is 0.455. The summed E-state index contributed by atoms with van der Waals surface area (Å²) in [6.45, 7) is 14.7. The van der Waals surface area contributed by atoms with Crippen molar-refractivity contribution in [2.45, 2.75) is 40.8 Å². The molecule has 6 heteroatoms. The molecule has 2 aliphatic carbocycles. The van der Waals surface area contributed by atoms with Crippen molar-refractivity contribution in [2.24, 2.45) is 11.8 Å². The summed E-state index contributed by atoms with van der Waals surface area (Å²) < 4.78 is 0. The van der Waals surface area contributed by atoms with Crippen molar-refractivity contribution in [2.75, 3.05) is 11.5 Å². The Labute approximate surface area is 211 Å². The molecule has 28 heavy (non-hydrogen) atoms. The molecule has 4 aliphatic rings. The maximum atomic E-state index is 2.60. The number of fused-ring (bicyclic) bond motifs is 2. The maximum Gasteiger partial charge on any atom is 0.114 e. The van der Waals surface area contributed by atoms with Crippen molar-refractivity contribution in [3.05, 3.63) is 66.8 Å². The van der Waals surface area contributed by atoms with Crippen LogP contribution in [0.4, 0.5) is 0 Å². The molecule has 4 rings (SSSR count). The standard InChI is InChI=1S/C22H28S2Si.2ClH.Zr/c1-13(2)17-11-19-15(7-9-23-19)21(17)25(5,6)22-16-8-10-24-20(16)12-18(22)14(3)4;;;/h7-8,11-14H,9-10H2,1-6H3;2*1H;. The first-order valence-electron chi connectivity index (χ1n) is 9.42. The van der Waals surface area contributed by atoms with Crippen LogP contribution in [0.2, 0.25) is 13.1 Å². The van der Waals surface area contributed by atoms with Crippen molar-refractivity contribution in [1.29, 1.82) is 0 Å². The number of hydrogen-bond donors (Lipinski definition) is 0. The summed E-state index contributed by atoms with van der Waals surface area (Å²) in [5.41, 5.74) is 6.39. The smallest absolute Gasteiger partial charge is 0.114 e. The van der Waals surface area contributed by atoms with Crippen LogP contribution in [-0.4, -0.2) is 19.6 Å². The summed E-state index contributed by atoms with van der Waals surface area (Å²) in [5, 5.41) is 3.45. The number of halogens is 2. The molecule has 0 nitrogen and oxygen atoms in total. The Bertz CT molecular complexity index is 775. The van der Waals surface area contributed by atoms with E-state index in [0.717, 1.165) is 11.5 Å². The molecule has 0 unspecified atom stereocenters. The number of thioether (sulfide) groups is 2. The van der Waals surface area contributed by atoms with Gasteiger partial charge >= 0.3 is 0 Å². The van der Waals surface area contributed by atoms with E-state index in [9.17, 15) is 0 Å². The first-order chi connectivity index (χ1) is 11.8. The van der Waals surface area contributed by atoms with Crippen molar-refractivity contribution in [3.63, 3.8) is 0 Å². The van der Waals surface area contributed by atoms with Gasteiger partial charge in [0.05, 0.1) is 0 Å². The molecule has 0 saturated heterocycles. The van der Waals surface area contributed by atoms with Crippen molar-refractivity contribution >= 4 is 56.4 Å². The van der Waals surface area contributed by atoms with E-state index in [4.69, 9.17) is 0 Å². The molecule has 0 aromatic rings. The first kappa shape index (κ1) is 26.9. The molecule has 0 N–H and O–H groups in total. The molecule has 0 atom stereocenters. The van der Waals surface area contributed by atoms with E-state index in [1.807, 2.05) is 23.5 Å². The monoisotopic (exact) mass is 546 g/mol. The molecule has 0 fully saturated rings. The molecular weight excluding hydrogens is 519 g/mol. The molecule has 0 aromatic heterocycles. The second-order valence-electron chi connectivity index (χ2n) is 8.47. The van der Waals surface area contributed by atoms with E-state index in [-0.39, 0.29) is 51.0 Å². The van der Waals surface area contributed by atoms with Gasteiger partial charge < -0.3 is 0 Å². The third kappa shape index (κ3) is 4.26. The zero-order valence-corrected chi connectivity index (χ0v) is 24.2. The Balaban J connectivity index is 0.00000131. The van der Waals surface area contributed by atoms with E-state index in [0.29, 0.717) is 11.8 Å².